The molecule has 3 aliphatic heterocycles. The number of hydrogen-bond acceptors (Lipinski definition) is 10. The van der Waals surface area contributed by atoms with Gasteiger partial charge in [0.2, 0.25) is 11.8 Å². The van der Waals surface area contributed by atoms with E-state index in [1.54, 1.807) is 30.4 Å². The van der Waals surface area contributed by atoms with Crippen LogP contribution in [0, 0.1) is 17.8 Å². The Bertz CT molecular complexity index is 928. The molecule has 0 spiro atoms. The number of nitrogens with one attached hydrogen (secondary N) is 5. The van der Waals surface area contributed by atoms with Crippen LogP contribution < -0.4 is 26.6 Å². The zero-order valence-electron chi connectivity index (χ0n) is 24.0. The minimum atomic E-state index is -0.748. The minimum Gasteiger partial charge on any atom is -0.450 e. The summed E-state index contributed by atoms with van der Waals surface area (Å²) in [6.07, 6.45) is 6.21. The molecule has 7 atom stereocenters. The Morgan fingerprint density at radius 1 is 0.975 bits per heavy atom. The summed E-state index contributed by atoms with van der Waals surface area (Å²) in [5.74, 6) is -0.310. The van der Waals surface area contributed by atoms with E-state index in [0.29, 0.717) is 18.9 Å². The van der Waals surface area contributed by atoms with Gasteiger partial charge in [0, 0.05) is 24.4 Å². The van der Waals surface area contributed by atoms with Gasteiger partial charge >= 0.3 is 12.2 Å². The lowest BCUT2D eigenvalue weighted by Gasteiger charge is -2.32. The van der Waals surface area contributed by atoms with Crippen LogP contribution in [0.5, 0.6) is 0 Å². The summed E-state index contributed by atoms with van der Waals surface area (Å²) in [5.41, 5.74) is -0.545. The number of carbonyl (C=O) groups is 4. The molecule has 0 bridgehead atoms. The summed E-state index contributed by atoms with van der Waals surface area (Å²) >= 11 is 3.22. The van der Waals surface area contributed by atoms with E-state index < -0.39 is 40.4 Å². The highest BCUT2D eigenvalue weighted by Crippen LogP contribution is 2.45. The molecule has 11 nitrogen and oxygen atoms in total. The first-order chi connectivity index (χ1) is 19.0. The van der Waals surface area contributed by atoms with Gasteiger partial charge in [-0.1, -0.05) is 19.3 Å². The summed E-state index contributed by atoms with van der Waals surface area (Å²) in [4.78, 5) is 50.5. The fraction of sp³-hybridized carbons (Fsp3) is 0.852. The monoisotopic (exact) mass is 599 g/mol. The van der Waals surface area contributed by atoms with Gasteiger partial charge in [-0.15, -0.1) is 23.5 Å². The molecular formula is C27H45N5O6S2. The van der Waals surface area contributed by atoms with Gasteiger partial charge in [-0.25, -0.2) is 9.59 Å². The van der Waals surface area contributed by atoms with E-state index >= 15 is 0 Å². The maximum absolute atomic E-state index is 13.4. The minimum absolute atomic E-state index is 0.0778. The van der Waals surface area contributed by atoms with Gasteiger partial charge in [0.25, 0.3) is 0 Å². The van der Waals surface area contributed by atoms with Crippen molar-refractivity contribution in [2.75, 3.05) is 19.7 Å². The highest BCUT2D eigenvalue weighted by atomic mass is 32.2. The molecule has 0 aromatic rings. The second-order valence-corrected chi connectivity index (χ2v) is 14.8. The van der Waals surface area contributed by atoms with Gasteiger partial charge in [-0.05, 0) is 65.2 Å². The fourth-order valence-electron chi connectivity index (χ4n) is 5.98. The first-order valence-electron chi connectivity index (χ1n) is 14.6. The third kappa shape index (κ3) is 8.65. The number of hydrogen-bond donors (Lipinski definition) is 5. The van der Waals surface area contributed by atoms with Crippen LogP contribution >= 0.6 is 23.5 Å². The molecule has 0 radical (unpaired) electrons. The van der Waals surface area contributed by atoms with E-state index in [2.05, 4.69) is 26.6 Å². The van der Waals surface area contributed by atoms with Crippen molar-refractivity contribution in [2.24, 2.45) is 17.8 Å². The van der Waals surface area contributed by atoms with Gasteiger partial charge in [-0.3, -0.25) is 20.2 Å². The number of imide groups is 1. The zero-order chi connectivity index (χ0) is 28.9. The zero-order valence-corrected chi connectivity index (χ0v) is 25.6. The van der Waals surface area contributed by atoms with Gasteiger partial charge in [0.05, 0.1) is 23.3 Å². The second-order valence-electron chi connectivity index (χ2n) is 12.2. The molecule has 0 aromatic heterocycles. The van der Waals surface area contributed by atoms with E-state index in [-0.39, 0.29) is 35.1 Å². The lowest BCUT2D eigenvalue weighted by Crippen LogP contribution is -2.52. The molecule has 13 heteroatoms. The van der Waals surface area contributed by atoms with Crippen molar-refractivity contribution < 1.29 is 28.7 Å². The Morgan fingerprint density at radius 3 is 2.42 bits per heavy atom. The first kappa shape index (κ1) is 31.2. The predicted octanol–water partition coefficient (Wildman–Crippen LogP) is 2.89. The number of amides is 4. The summed E-state index contributed by atoms with van der Waals surface area (Å²) < 4.78 is 10.2. The smallest absolute Gasteiger partial charge is 0.413 e. The first-order valence-corrected chi connectivity index (χ1v) is 16.5. The SMILES string of the molecule is CCOC(=O)NC(=O)C1CC(C2CCCCC2)SC1NC(=O)C1NC2CC(CNC(=O)OC(C)(C)C)CNC2S1. The average molecular weight is 600 g/mol. The van der Waals surface area contributed by atoms with Gasteiger partial charge in [0.1, 0.15) is 11.0 Å². The van der Waals surface area contributed by atoms with Crippen molar-refractivity contribution in [1.29, 1.82) is 0 Å². The largest absolute Gasteiger partial charge is 0.450 e. The average Bonchev–Trinajstić information content (AvgIpc) is 3.51. The van der Waals surface area contributed by atoms with Crippen molar-refractivity contribution in [3.8, 4) is 0 Å². The van der Waals surface area contributed by atoms with Crippen LogP contribution in [-0.4, -0.2) is 76.7 Å². The lowest BCUT2D eigenvalue weighted by atomic mass is 9.84. The summed E-state index contributed by atoms with van der Waals surface area (Å²) in [7, 11) is 0. The molecule has 3 saturated heterocycles. The van der Waals surface area contributed by atoms with Crippen molar-refractivity contribution in [1.82, 2.24) is 26.6 Å². The van der Waals surface area contributed by atoms with Crippen LogP contribution in [0.25, 0.3) is 0 Å². The summed E-state index contributed by atoms with van der Waals surface area (Å²) in [6, 6.07) is 0.0778. The third-order valence-corrected chi connectivity index (χ3v) is 10.9. The molecule has 1 saturated carbocycles. The second kappa shape index (κ2) is 14.0. The predicted molar refractivity (Wildman–Crippen MR) is 156 cm³/mol. The van der Waals surface area contributed by atoms with Gasteiger partial charge in [-0.2, -0.15) is 0 Å². The van der Waals surface area contributed by atoms with E-state index in [1.165, 1.54) is 19.3 Å². The van der Waals surface area contributed by atoms with Crippen molar-refractivity contribution >= 4 is 47.5 Å². The molecule has 226 valence electrons. The van der Waals surface area contributed by atoms with Gasteiger partial charge < -0.3 is 25.4 Å². The number of rotatable bonds is 7. The molecule has 5 N–H and O–H groups in total. The standard InChI is InChI=1S/C27H45N5O6S2/c1-5-37-26(36)32-20(33)17-12-19(16-9-7-6-8-10-16)39-22(17)31-21(34)24-30-18-11-15(13-28-23(18)40-24)14-29-25(35)38-27(2,3)4/h15-19,22-24,28,30H,5-14H2,1-4H3,(H,29,35)(H,31,34)(H,32,33,36). The van der Waals surface area contributed by atoms with Crippen molar-refractivity contribution in [3.05, 3.63) is 0 Å². The van der Waals surface area contributed by atoms with E-state index in [9.17, 15) is 19.2 Å². The van der Waals surface area contributed by atoms with Crippen molar-refractivity contribution in [3.63, 3.8) is 0 Å². The van der Waals surface area contributed by atoms with E-state index in [1.807, 2.05) is 20.8 Å². The lowest BCUT2D eigenvalue weighted by molar-refractivity contribution is -0.125. The number of fused-ring (bicyclic) bond motifs is 1. The number of carbonyl (C=O) groups excluding carboxylic acids is 4. The van der Waals surface area contributed by atoms with Crippen LogP contribution in [0.1, 0.15) is 72.6 Å². The van der Waals surface area contributed by atoms with Gasteiger partial charge in [0.15, 0.2) is 0 Å². The molecule has 4 fully saturated rings. The van der Waals surface area contributed by atoms with Crippen LogP contribution in [0.15, 0.2) is 0 Å². The molecule has 4 aliphatic rings. The third-order valence-electron chi connectivity index (χ3n) is 7.85. The molecule has 4 rings (SSSR count). The number of piperidine rings is 1. The number of ether oxygens (including phenoxy) is 2. The highest BCUT2D eigenvalue weighted by Gasteiger charge is 2.46. The van der Waals surface area contributed by atoms with Crippen LogP contribution in [0.2, 0.25) is 0 Å². The number of alkyl carbamates (subject to hydrolysis) is 2. The topological polar surface area (TPSA) is 147 Å². The Labute approximate surface area is 245 Å². The molecule has 4 amide bonds. The molecule has 1 aliphatic carbocycles. The molecule has 7 unspecified atom stereocenters. The Hall–Kier alpha value is -1.70. The maximum Gasteiger partial charge on any atom is 0.413 e. The Kier molecular flexibility index (Phi) is 10.9. The van der Waals surface area contributed by atoms with Crippen LogP contribution in [0.4, 0.5) is 9.59 Å². The fourth-order valence-corrected chi connectivity index (χ4v) is 9.09. The summed E-state index contributed by atoms with van der Waals surface area (Å²) in [6.45, 7) is 8.60. The molecule has 0 aromatic carbocycles. The number of thioether (sulfide) groups is 2. The molecule has 40 heavy (non-hydrogen) atoms. The quantitative estimate of drug-likeness (QED) is 0.296. The highest BCUT2D eigenvalue weighted by molar-refractivity contribution is 8.01. The Morgan fingerprint density at radius 2 is 1.73 bits per heavy atom. The van der Waals surface area contributed by atoms with Crippen LogP contribution in [-0.2, 0) is 19.1 Å². The van der Waals surface area contributed by atoms with E-state index in [0.717, 1.165) is 25.8 Å². The van der Waals surface area contributed by atoms with Crippen molar-refractivity contribution in [2.45, 2.75) is 106 Å². The molecule has 3 heterocycles. The van der Waals surface area contributed by atoms with Crippen LogP contribution in [0.3, 0.4) is 0 Å². The van der Waals surface area contributed by atoms with E-state index in [4.69, 9.17) is 9.47 Å². The maximum atomic E-state index is 13.4. The summed E-state index contributed by atoms with van der Waals surface area (Å²) in [5, 5.41) is 14.8. The Balaban J connectivity index is 1.31. The normalized spacial score (nSPS) is 32.5. The molecular weight excluding hydrogens is 554 g/mol.